The molecule has 0 aromatic rings. The lowest BCUT2D eigenvalue weighted by Gasteiger charge is -2.27. The van der Waals surface area contributed by atoms with Crippen LogP contribution in [0.25, 0.3) is 0 Å². The molecule has 2 fully saturated rings. The van der Waals surface area contributed by atoms with E-state index in [0.29, 0.717) is 6.61 Å². The van der Waals surface area contributed by atoms with Crippen molar-refractivity contribution < 1.29 is 9.53 Å². The van der Waals surface area contributed by atoms with E-state index in [0.717, 1.165) is 24.7 Å². The van der Waals surface area contributed by atoms with Gasteiger partial charge in [0.05, 0.1) is 12.5 Å². The Morgan fingerprint density at radius 3 is 2.07 bits per heavy atom. The molecule has 2 rings (SSSR count). The number of hydrogen-bond donors (Lipinski definition) is 0. The van der Waals surface area contributed by atoms with E-state index in [2.05, 4.69) is 0 Å². The Hall–Kier alpha value is -0.530. The molecule has 0 radical (unpaired) electrons. The van der Waals surface area contributed by atoms with Crippen LogP contribution in [0.5, 0.6) is 0 Å². The van der Waals surface area contributed by atoms with E-state index in [1.54, 1.807) is 0 Å². The zero-order valence-corrected chi connectivity index (χ0v) is 9.71. The number of hydrogen-bond acceptors (Lipinski definition) is 2. The molecule has 15 heavy (non-hydrogen) atoms. The van der Waals surface area contributed by atoms with Crippen LogP contribution in [-0.2, 0) is 9.53 Å². The van der Waals surface area contributed by atoms with E-state index in [9.17, 15) is 4.79 Å². The first kappa shape index (κ1) is 11.0. The van der Waals surface area contributed by atoms with Crippen LogP contribution >= 0.6 is 0 Å². The van der Waals surface area contributed by atoms with Gasteiger partial charge in [-0.25, -0.2) is 0 Å². The molecule has 0 bridgehead atoms. The smallest absolute Gasteiger partial charge is 0.308 e. The minimum absolute atomic E-state index is 0.0439. The average molecular weight is 210 g/mol. The van der Waals surface area contributed by atoms with Gasteiger partial charge < -0.3 is 4.74 Å². The van der Waals surface area contributed by atoms with Crippen LogP contribution in [0.15, 0.2) is 0 Å². The highest BCUT2D eigenvalue weighted by Crippen LogP contribution is 2.41. The maximum atomic E-state index is 11.5. The summed E-state index contributed by atoms with van der Waals surface area (Å²) in [4.78, 5) is 11.5. The van der Waals surface area contributed by atoms with E-state index in [1.165, 1.54) is 32.1 Å². The zero-order valence-electron chi connectivity index (χ0n) is 9.71. The lowest BCUT2D eigenvalue weighted by Crippen LogP contribution is -2.23. The first-order chi connectivity index (χ1) is 7.29. The van der Waals surface area contributed by atoms with Crippen molar-refractivity contribution in [3.63, 3.8) is 0 Å². The van der Waals surface area contributed by atoms with Crippen molar-refractivity contribution in [1.29, 1.82) is 0 Å². The van der Waals surface area contributed by atoms with Crippen LogP contribution in [0.4, 0.5) is 0 Å². The van der Waals surface area contributed by atoms with Crippen molar-refractivity contribution in [1.82, 2.24) is 0 Å². The van der Waals surface area contributed by atoms with Crippen molar-refractivity contribution in [2.24, 2.45) is 17.8 Å². The Balaban J connectivity index is 1.68. The molecule has 2 nitrogen and oxygen atoms in total. The Labute approximate surface area is 92.4 Å². The first-order valence-electron chi connectivity index (χ1n) is 6.46. The summed E-state index contributed by atoms with van der Waals surface area (Å²) in [5.74, 6) is 2.19. The summed E-state index contributed by atoms with van der Waals surface area (Å²) in [7, 11) is 0. The van der Waals surface area contributed by atoms with Gasteiger partial charge in [-0.05, 0) is 50.9 Å². The number of esters is 1. The van der Waals surface area contributed by atoms with Gasteiger partial charge in [0.15, 0.2) is 0 Å². The Morgan fingerprint density at radius 2 is 1.60 bits per heavy atom. The minimum Gasteiger partial charge on any atom is -0.466 e. The highest BCUT2D eigenvalue weighted by atomic mass is 16.5. The fourth-order valence-corrected chi connectivity index (χ4v) is 2.72. The molecule has 0 atom stereocenters. The van der Waals surface area contributed by atoms with Gasteiger partial charge in [-0.2, -0.15) is 0 Å². The second kappa shape index (κ2) is 5.00. The molecule has 0 aromatic carbocycles. The monoisotopic (exact) mass is 210 g/mol. The number of rotatable bonds is 4. The third-order valence-electron chi connectivity index (χ3n) is 3.83. The summed E-state index contributed by atoms with van der Waals surface area (Å²) in [5, 5.41) is 0. The third kappa shape index (κ3) is 3.22. The van der Waals surface area contributed by atoms with E-state index in [-0.39, 0.29) is 11.9 Å². The van der Waals surface area contributed by atoms with E-state index in [1.807, 2.05) is 6.92 Å². The van der Waals surface area contributed by atoms with Gasteiger partial charge in [-0.3, -0.25) is 4.79 Å². The van der Waals surface area contributed by atoms with Crippen LogP contribution in [-0.4, -0.2) is 12.6 Å². The molecule has 0 amide bonds. The van der Waals surface area contributed by atoms with E-state index in [4.69, 9.17) is 4.74 Å². The fourth-order valence-electron chi connectivity index (χ4n) is 2.72. The Kier molecular flexibility index (Phi) is 3.66. The molecular weight excluding hydrogens is 188 g/mol. The first-order valence-corrected chi connectivity index (χ1v) is 6.46. The molecule has 0 saturated heterocycles. The van der Waals surface area contributed by atoms with E-state index >= 15 is 0 Å². The number of carbonyl (C=O) groups is 1. The predicted octanol–water partition coefficient (Wildman–Crippen LogP) is 3.16. The summed E-state index contributed by atoms with van der Waals surface area (Å²) in [6.07, 6.45) is 8.97. The summed E-state index contributed by atoms with van der Waals surface area (Å²) in [6.45, 7) is 2.41. The molecule has 0 spiro atoms. The Bertz CT molecular complexity index is 213. The van der Waals surface area contributed by atoms with Crippen LogP contribution in [0.1, 0.15) is 51.9 Å². The molecule has 2 aliphatic rings. The lowest BCUT2D eigenvalue weighted by atomic mass is 9.80. The van der Waals surface area contributed by atoms with E-state index < -0.39 is 0 Å². The second-order valence-corrected chi connectivity index (χ2v) is 5.15. The predicted molar refractivity (Wildman–Crippen MR) is 59.4 cm³/mol. The van der Waals surface area contributed by atoms with Crippen LogP contribution < -0.4 is 0 Å². The van der Waals surface area contributed by atoms with Gasteiger partial charge in [0.2, 0.25) is 0 Å². The highest BCUT2D eigenvalue weighted by molar-refractivity contribution is 5.72. The summed E-state index contributed by atoms with van der Waals surface area (Å²) in [6, 6.07) is 0. The van der Waals surface area contributed by atoms with Crippen molar-refractivity contribution in [3.8, 4) is 0 Å². The molecule has 0 heterocycles. The minimum atomic E-state index is 0.0439. The maximum absolute atomic E-state index is 11.5. The molecule has 0 unspecified atom stereocenters. The van der Waals surface area contributed by atoms with Crippen molar-refractivity contribution in [2.75, 3.05) is 6.61 Å². The number of carbonyl (C=O) groups excluding carboxylic acids is 1. The lowest BCUT2D eigenvalue weighted by molar-refractivity contribution is -0.149. The zero-order chi connectivity index (χ0) is 10.7. The molecule has 86 valence electrons. The standard InChI is InChI=1S/C13H22O2/c1-2-15-13(14)12-7-5-11(6-8-12)9-10-3-4-10/h10-12H,2-9H2,1H3. The maximum Gasteiger partial charge on any atom is 0.308 e. The van der Waals surface area contributed by atoms with Crippen molar-refractivity contribution in [3.05, 3.63) is 0 Å². The third-order valence-corrected chi connectivity index (χ3v) is 3.83. The molecular formula is C13H22O2. The quantitative estimate of drug-likeness (QED) is 0.666. The number of ether oxygens (including phenoxy) is 1. The SMILES string of the molecule is CCOC(=O)C1CCC(CC2CC2)CC1. The normalized spacial score (nSPS) is 31.3. The summed E-state index contributed by atoms with van der Waals surface area (Å²) >= 11 is 0. The highest BCUT2D eigenvalue weighted by Gasteiger charge is 2.31. The van der Waals surface area contributed by atoms with Crippen LogP contribution in [0.3, 0.4) is 0 Å². The van der Waals surface area contributed by atoms with Crippen LogP contribution in [0.2, 0.25) is 0 Å². The van der Waals surface area contributed by atoms with Gasteiger partial charge in [0.1, 0.15) is 0 Å². The van der Waals surface area contributed by atoms with Gasteiger partial charge in [0, 0.05) is 0 Å². The fraction of sp³-hybridized carbons (Fsp3) is 0.923. The molecule has 2 heteroatoms. The van der Waals surface area contributed by atoms with Crippen LogP contribution in [0, 0.1) is 17.8 Å². The average Bonchev–Trinajstić information content (AvgIpc) is 3.03. The van der Waals surface area contributed by atoms with Gasteiger partial charge in [-0.15, -0.1) is 0 Å². The molecule has 0 aromatic heterocycles. The second-order valence-electron chi connectivity index (χ2n) is 5.15. The van der Waals surface area contributed by atoms with Crippen molar-refractivity contribution >= 4 is 5.97 Å². The molecule has 0 aliphatic heterocycles. The topological polar surface area (TPSA) is 26.3 Å². The largest absolute Gasteiger partial charge is 0.466 e. The van der Waals surface area contributed by atoms with Crippen molar-refractivity contribution in [2.45, 2.75) is 51.9 Å². The summed E-state index contributed by atoms with van der Waals surface area (Å²) < 4.78 is 5.07. The van der Waals surface area contributed by atoms with Gasteiger partial charge in [0.25, 0.3) is 0 Å². The molecule has 0 N–H and O–H groups in total. The van der Waals surface area contributed by atoms with Gasteiger partial charge in [-0.1, -0.05) is 12.8 Å². The molecule has 2 aliphatic carbocycles. The Morgan fingerprint density at radius 1 is 1.07 bits per heavy atom. The van der Waals surface area contributed by atoms with Gasteiger partial charge >= 0.3 is 5.97 Å². The summed E-state index contributed by atoms with van der Waals surface area (Å²) in [5.41, 5.74) is 0. The molecule has 2 saturated carbocycles.